The van der Waals surface area contributed by atoms with E-state index in [9.17, 15) is 4.79 Å². The summed E-state index contributed by atoms with van der Waals surface area (Å²) in [7, 11) is 0. The van der Waals surface area contributed by atoms with Crippen LogP contribution in [0.3, 0.4) is 0 Å². The van der Waals surface area contributed by atoms with Gasteiger partial charge in [0.05, 0.1) is 5.71 Å². The molecule has 0 atom stereocenters. The van der Waals surface area contributed by atoms with Gasteiger partial charge in [0, 0.05) is 49.7 Å². The number of nitrogens with one attached hydrogen (secondary N) is 1. The van der Waals surface area contributed by atoms with E-state index in [1.54, 1.807) is 11.3 Å². The summed E-state index contributed by atoms with van der Waals surface area (Å²) in [4.78, 5) is 17.8. The van der Waals surface area contributed by atoms with Crippen molar-refractivity contribution in [2.75, 3.05) is 37.6 Å². The maximum absolute atomic E-state index is 12.0. The number of anilines is 1. The Kier molecular flexibility index (Phi) is 6.19. The third kappa shape index (κ3) is 5.14. The van der Waals surface area contributed by atoms with Crippen LogP contribution in [-0.4, -0.2) is 49.2 Å². The standard InChI is InChI=1S/C19H24N4OS/c1-16(18-8-5-15-25-18)20-21-19(24)9-10-22-11-13-23(14-12-22)17-6-3-2-4-7-17/h2-8,15H,9-14H2,1H3,(H,21,24)/b20-16+. The fourth-order valence-corrected chi connectivity index (χ4v) is 3.55. The van der Waals surface area contributed by atoms with Crippen LogP contribution in [0.15, 0.2) is 52.9 Å². The molecule has 1 N–H and O–H groups in total. The lowest BCUT2D eigenvalue weighted by Crippen LogP contribution is -2.47. The summed E-state index contributed by atoms with van der Waals surface area (Å²) in [6.45, 7) is 6.67. The first kappa shape index (κ1) is 17.6. The van der Waals surface area contributed by atoms with Gasteiger partial charge in [-0.05, 0) is 30.5 Å². The topological polar surface area (TPSA) is 47.9 Å². The number of piperazine rings is 1. The first-order valence-electron chi connectivity index (χ1n) is 8.62. The lowest BCUT2D eigenvalue weighted by Gasteiger charge is -2.36. The molecule has 1 aromatic heterocycles. The molecular weight excluding hydrogens is 332 g/mol. The minimum atomic E-state index is -0.0265. The molecule has 1 saturated heterocycles. The van der Waals surface area contributed by atoms with Crippen LogP contribution in [0, 0.1) is 0 Å². The summed E-state index contributed by atoms with van der Waals surface area (Å²) in [5.41, 5.74) is 4.79. The zero-order chi connectivity index (χ0) is 17.5. The SMILES string of the molecule is C/C(=N\NC(=O)CCN1CCN(c2ccccc2)CC1)c1cccs1. The lowest BCUT2D eigenvalue weighted by atomic mass is 10.2. The number of amides is 1. The van der Waals surface area contributed by atoms with E-state index in [1.807, 2.05) is 30.5 Å². The average Bonchev–Trinajstić information content (AvgIpc) is 3.20. The van der Waals surface area contributed by atoms with Crippen molar-refractivity contribution in [1.82, 2.24) is 10.3 Å². The number of benzene rings is 1. The molecule has 0 bridgehead atoms. The van der Waals surface area contributed by atoms with Crippen LogP contribution in [0.1, 0.15) is 18.2 Å². The summed E-state index contributed by atoms with van der Waals surface area (Å²) in [5, 5.41) is 6.19. The van der Waals surface area contributed by atoms with Crippen molar-refractivity contribution in [3.05, 3.63) is 52.7 Å². The number of hydrazone groups is 1. The highest BCUT2D eigenvalue weighted by molar-refractivity contribution is 7.12. The molecule has 1 aromatic carbocycles. The van der Waals surface area contributed by atoms with Gasteiger partial charge in [-0.15, -0.1) is 11.3 Å². The zero-order valence-corrected chi connectivity index (χ0v) is 15.3. The Hall–Kier alpha value is -2.18. The quantitative estimate of drug-likeness (QED) is 0.640. The molecule has 0 spiro atoms. The van der Waals surface area contributed by atoms with Gasteiger partial charge in [-0.1, -0.05) is 24.3 Å². The lowest BCUT2D eigenvalue weighted by molar-refractivity contribution is -0.121. The molecule has 0 saturated carbocycles. The van der Waals surface area contributed by atoms with Gasteiger partial charge < -0.3 is 4.90 Å². The second-order valence-corrected chi connectivity index (χ2v) is 7.07. The molecule has 2 aromatic rings. The van der Waals surface area contributed by atoms with Crippen molar-refractivity contribution in [2.24, 2.45) is 5.10 Å². The van der Waals surface area contributed by atoms with Crippen LogP contribution in [0.25, 0.3) is 0 Å². The van der Waals surface area contributed by atoms with Gasteiger partial charge in [-0.25, -0.2) is 5.43 Å². The molecule has 25 heavy (non-hydrogen) atoms. The highest BCUT2D eigenvalue weighted by Crippen LogP contribution is 2.15. The van der Waals surface area contributed by atoms with E-state index in [-0.39, 0.29) is 5.91 Å². The largest absolute Gasteiger partial charge is 0.369 e. The minimum absolute atomic E-state index is 0.0265. The number of carbonyl (C=O) groups is 1. The predicted molar refractivity (Wildman–Crippen MR) is 104 cm³/mol. The number of hydrogen-bond donors (Lipinski definition) is 1. The number of para-hydroxylation sites is 1. The zero-order valence-electron chi connectivity index (χ0n) is 14.5. The molecule has 132 valence electrons. The van der Waals surface area contributed by atoms with Crippen LogP contribution in [0.4, 0.5) is 5.69 Å². The van der Waals surface area contributed by atoms with E-state index in [1.165, 1.54) is 5.69 Å². The van der Waals surface area contributed by atoms with Crippen LogP contribution >= 0.6 is 11.3 Å². The maximum atomic E-state index is 12.0. The first-order valence-corrected chi connectivity index (χ1v) is 9.50. The second kappa shape index (κ2) is 8.78. The molecule has 1 fully saturated rings. The van der Waals surface area contributed by atoms with Crippen LogP contribution in [0.5, 0.6) is 0 Å². The van der Waals surface area contributed by atoms with Gasteiger partial charge in [0.1, 0.15) is 0 Å². The van der Waals surface area contributed by atoms with E-state index in [2.05, 4.69) is 44.6 Å². The number of thiophene rings is 1. The van der Waals surface area contributed by atoms with Crippen molar-refractivity contribution in [3.63, 3.8) is 0 Å². The maximum Gasteiger partial charge on any atom is 0.241 e. The Morgan fingerprint density at radius 3 is 2.56 bits per heavy atom. The van der Waals surface area contributed by atoms with E-state index in [0.717, 1.165) is 43.3 Å². The number of hydrogen-bond acceptors (Lipinski definition) is 5. The molecule has 0 aliphatic carbocycles. The Morgan fingerprint density at radius 2 is 1.88 bits per heavy atom. The van der Waals surface area contributed by atoms with Gasteiger partial charge in [0.25, 0.3) is 0 Å². The Bertz CT molecular complexity index is 691. The minimum Gasteiger partial charge on any atom is -0.369 e. The highest BCUT2D eigenvalue weighted by Gasteiger charge is 2.17. The monoisotopic (exact) mass is 356 g/mol. The third-order valence-electron chi connectivity index (χ3n) is 4.37. The van der Waals surface area contributed by atoms with Crippen molar-refractivity contribution >= 4 is 28.6 Å². The summed E-state index contributed by atoms with van der Waals surface area (Å²) in [6.07, 6.45) is 0.479. The van der Waals surface area contributed by atoms with Gasteiger partial charge in [0.15, 0.2) is 0 Å². The fraction of sp³-hybridized carbons (Fsp3) is 0.368. The van der Waals surface area contributed by atoms with Gasteiger partial charge >= 0.3 is 0 Å². The average molecular weight is 356 g/mol. The Labute approximate surface area is 153 Å². The highest BCUT2D eigenvalue weighted by atomic mass is 32.1. The normalized spacial score (nSPS) is 16.0. The fourth-order valence-electron chi connectivity index (χ4n) is 2.87. The number of carbonyl (C=O) groups excluding carboxylic acids is 1. The molecule has 5 nitrogen and oxygen atoms in total. The summed E-state index contributed by atoms with van der Waals surface area (Å²) in [5.74, 6) is -0.0265. The third-order valence-corrected chi connectivity index (χ3v) is 5.35. The van der Waals surface area contributed by atoms with Crippen LogP contribution in [0.2, 0.25) is 0 Å². The summed E-state index contributed by atoms with van der Waals surface area (Å²) >= 11 is 1.62. The van der Waals surface area contributed by atoms with E-state index in [0.29, 0.717) is 6.42 Å². The van der Waals surface area contributed by atoms with Crippen LogP contribution < -0.4 is 10.3 Å². The van der Waals surface area contributed by atoms with E-state index >= 15 is 0 Å². The van der Waals surface area contributed by atoms with Crippen molar-refractivity contribution in [3.8, 4) is 0 Å². The van der Waals surface area contributed by atoms with E-state index in [4.69, 9.17) is 0 Å². The summed E-state index contributed by atoms with van der Waals surface area (Å²) in [6, 6.07) is 14.5. The molecule has 2 heterocycles. The van der Waals surface area contributed by atoms with Crippen molar-refractivity contribution in [1.29, 1.82) is 0 Å². The molecule has 1 aliphatic rings. The van der Waals surface area contributed by atoms with Crippen LogP contribution in [-0.2, 0) is 4.79 Å². The Morgan fingerprint density at radius 1 is 1.12 bits per heavy atom. The predicted octanol–water partition coefficient (Wildman–Crippen LogP) is 2.80. The number of nitrogens with zero attached hydrogens (tertiary/aromatic N) is 3. The molecule has 0 unspecified atom stereocenters. The molecular formula is C19H24N4OS. The number of rotatable bonds is 6. The molecule has 0 radical (unpaired) electrons. The molecule has 3 rings (SSSR count). The van der Waals surface area contributed by atoms with Gasteiger partial charge in [-0.3, -0.25) is 9.69 Å². The smallest absolute Gasteiger partial charge is 0.241 e. The molecule has 1 amide bonds. The second-order valence-electron chi connectivity index (χ2n) is 6.12. The van der Waals surface area contributed by atoms with Crippen molar-refractivity contribution in [2.45, 2.75) is 13.3 Å². The van der Waals surface area contributed by atoms with Gasteiger partial charge in [-0.2, -0.15) is 5.10 Å². The van der Waals surface area contributed by atoms with Gasteiger partial charge in [0.2, 0.25) is 5.91 Å². The molecule has 6 heteroatoms. The Balaban J connectivity index is 1.38. The summed E-state index contributed by atoms with van der Waals surface area (Å²) < 4.78 is 0. The first-order chi connectivity index (χ1) is 12.2. The van der Waals surface area contributed by atoms with Crippen molar-refractivity contribution < 1.29 is 4.79 Å². The van der Waals surface area contributed by atoms with E-state index < -0.39 is 0 Å². The molecule has 1 aliphatic heterocycles.